The van der Waals surface area contributed by atoms with Gasteiger partial charge in [-0.15, -0.1) is 0 Å². The lowest BCUT2D eigenvalue weighted by Crippen LogP contribution is -2.27. The van der Waals surface area contributed by atoms with Crippen molar-refractivity contribution >= 4 is 0 Å². The Labute approximate surface area is 74.8 Å². The van der Waals surface area contributed by atoms with Crippen LogP contribution in [0.3, 0.4) is 0 Å². The smallest absolute Gasteiger partial charge is 0.0652 e. The molecule has 0 aromatic heterocycles. The third-order valence-corrected chi connectivity index (χ3v) is 3.19. The molecule has 0 heterocycles. The van der Waals surface area contributed by atoms with Crippen LogP contribution in [0, 0.1) is 11.3 Å². The normalized spacial score (nSPS) is 27.9. The molecule has 1 rings (SSSR count). The van der Waals surface area contributed by atoms with Crippen molar-refractivity contribution in [2.24, 2.45) is 11.3 Å². The number of aliphatic hydroxyl groups excluding tert-OH is 1. The van der Waals surface area contributed by atoms with E-state index in [4.69, 9.17) is 0 Å². The van der Waals surface area contributed by atoms with E-state index >= 15 is 0 Å². The van der Waals surface area contributed by atoms with Gasteiger partial charge in [-0.2, -0.15) is 0 Å². The van der Waals surface area contributed by atoms with Gasteiger partial charge < -0.3 is 5.11 Å². The minimum absolute atomic E-state index is 0.119. The molecule has 1 N–H and O–H groups in total. The zero-order chi connectivity index (χ0) is 9.35. The molecule has 0 aromatic rings. The van der Waals surface area contributed by atoms with E-state index in [1.807, 2.05) is 0 Å². The van der Waals surface area contributed by atoms with Crippen molar-refractivity contribution in [3.63, 3.8) is 0 Å². The molecule has 0 aliphatic heterocycles. The van der Waals surface area contributed by atoms with Crippen LogP contribution in [-0.4, -0.2) is 11.7 Å². The molecule has 0 bridgehead atoms. The molecule has 1 unspecified atom stereocenters. The van der Waals surface area contributed by atoms with Crippen LogP contribution in [0.2, 0.25) is 0 Å². The summed E-state index contributed by atoms with van der Waals surface area (Å²) in [4.78, 5) is 0. The second-order valence-corrected chi connectivity index (χ2v) is 4.19. The highest BCUT2D eigenvalue weighted by Crippen LogP contribution is 2.40. The fourth-order valence-electron chi connectivity index (χ4n) is 1.74. The molecule has 1 aliphatic carbocycles. The van der Waals surface area contributed by atoms with Gasteiger partial charge >= 0.3 is 0 Å². The van der Waals surface area contributed by atoms with Crippen molar-refractivity contribution < 1.29 is 5.11 Å². The molecule has 1 atom stereocenters. The van der Waals surface area contributed by atoms with Crippen molar-refractivity contribution in [2.45, 2.75) is 27.7 Å². The molecule has 1 nitrogen and oxygen atoms in total. The van der Waals surface area contributed by atoms with Crippen molar-refractivity contribution in [1.82, 2.24) is 0 Å². The SMILES string of the molecule is CC1=C(CO)C(C)(C)C(C)C=C1. The monoisotopic (exact) mass is 166 g/mol. The van der Waals surface area contributed by atoms with Crippen LogP contribution < -0.4 is 0 Å². The Hall–Kier alpha value is -0.560. The largest absolute Gasteiger partial charge is 0.392 e. The van der Waals surface area contributed by atoms with Gasteiger partial charge in [-0.05, 0) is 29.4 Å². The van der Waals surface area contributed by atoms with E-state index < -0.39 is 0 Å². The van der Waals surface area contributed by atoms with Crippen LogP contribution >= 0.6 is 0 Å². The number of hydrogen-bond donors (Lipinski definition) is 1. The van der Waals surface area contributed by atoms with Gasteiger partial charge in [0.2, 0.25) is 0 Å². The lowest BCUT2D eigenvalue weighted by Gasteiger charge is -2.36. The van der Waals surface area contributed by atoms with Gasteiger partial charge in [-0.1, -0.05) is 32.9 Å². The highest BCUT2D eigenvalue weighted by molar-refractivity contribution is 5.34. The van der Waals surface area contributed by atoms with Crippen LogP contribution in [0.25, 0.3) is 0 Å². The minimum Gasteiger partial charge on any atom is -0.392 e. The van der Waals surface area contributed by atoms with Crippen LogP contribution in [-0.2, 0) is 0 Å². The van der Waals surface area contributed by atoms with Crippen molar-refractivity contribution in [2.75, 3.05) is 6.61 Å². The summed E-state index contributed by atoms with van der Waals surface area (Å²) >= 11 is 0. The third kappa shape index (κ3) is 1.34. The van der Waals surface area contributed by atoms with E-state index in [2.05, 4.69) is 39.8 Å². The van der Waals surface area contributed by atoms with Gasteiger partial charge in [0.1, 0.15) is 0 Å². The first kappa shape index (κ1) is 9.53. The Morgan fingerprint density at radius 1 is 1.50 bits per heavy atom. The first-order valence-electron chi connectivity index (χ1n) is 4.49. The molecule has 0 fully saturated rings. The van der Waals surface area contributed by atoms with Gasteiger partial charge in [0.05, 0.1) is 6.61 Å². The highest BCUT2D eigenvalue weighted by atomic mass is 16.3. The molecule has 0 saturated carbocycles. The van der Waals surface area contributed by atoms with Crippen molar-refractivity contribution in [1.29, 1.82) is 0 Å². The number of aliphatic hydroxyl groups is 1. The molecule has 0 amide bonds. The van der Waals surface area contributed by atoms with E-state index in [0.29, 0.717) is 5.92 Å². The predicted molar refractivity (Wildman–Crippen MR) is 51.9 cm³/mol. The lowest BCUT2D eigenvalue weighted by atomic mass is 9.69. The van der Waals surface area contributed by atoms with Crippen LogP contribution in [0.5, 0.6) is 0 Å². The van der Waals surface area contributed by atoms with Gasteiger partial charge in [0.25, 0.3) is 0 Å². The van der Waals surface area contributed by atoms with Crippen molar-refractivity contribution in [3.05, 3.63) is 23.3 Å². The van der Waals surface area contributed by atoms with Gasteiger partial charge in [-0.3, -0.25) is 0 Å². The molecule has 0 saturated heterocycles. The summed E-state index contributed by atoms with van der Waals surface area (Å²) < 4.78 is 0. The molecule has 0 radical (unpaired) electrons. The minimum atomic E-state index is 0.119. The summed E-state index contributed by atoms with van der Waals surface area (Å²) in [6, 6.07) is 0. The average Bonchev–Trinajstić information content (AvgIpc) is 1.98. The first-order valence-corrected chi connectivity index (χ1v) is 4.49. The molecular weight excluding hydrogens is 148 g/mol. The molecule has 68 valence electrons. The van der Waals surface area contributed by atoms with E-state index in [1.54, 1.807) is 0 Å². The standard InChI is InChI=1S/C11H18O/c1-8-5-6-9(2)11(3,4)10(8)7-12/h5-6,9,12H,7H2,1-4H3. The fraction of sp³-hybridized carbons (Fsp3) is 0.636. The zero-order valence-electron chi connectivity index (χ0n) is 8.39. The molecule has 0 aromatic carbocycles. The summed E-state index contributed by atoms with van der Waals surface area (Å²) in [7, 11) is 0. The lowest BCUT2D eigenvalue weighted by molar-refractivity contribution is 0.251. The van der Waals surface area contributed by atoms with Crippen LogP contribution in [0.4, 0.5) is 0 Å². The summed E-state index contributed by atoms with van der Waals surface area (Å²) in [6.07, 6.45) is 4.33. The Kier molecular flexibility index (Phi) is 2.43. The van der Waals surface area contributed by atoms with E-state index in [0.717, 1.165) is 0 Å². The highest BCUT2D eigenvalue weighted by Gasteiger charge is 2.31. The van der Waals surface area contributed by atoms with Crippen molar-refractivity contribution in [3.8, 4) is 0 Å². The molecule has 12 heavy (non-hydrogen) atoms. The predicted octanol–water partition coefficient (Wildman–Crippen LogP) is 2.53. The van der Waals surface area contributed by atoms with Crippen LogP contribution in [0.15, 0.2) is 23.3 Å². The quantitative estimate of drug-likeness (QED) is 0.634. The van der Waals surface area contributed by atoms with Gasteiger partial charge in [0.15, 0.2) is 0 Å². The van der Waals surface area contributed by atoms with E-state index in [9.17, 15) is 5.11 Å². The maximum absolute atomic E-state index is 9.22. The summed E-state index contributed by atoms with van der Waals surface area (Å²) in [6.45, 7) is 8.83. The number of hydrogen-bond acceptors (Lipinski definition) is 1. The Morgan fingerprint density at radius 2 is 2.08 bits per heavy atom. The zero-order valence-corrected chi connectivity index (χ0v) is 8.39. The fourth-order valence-corrected chi connectivity index (χ4v) is 1.74. The summed E-state index contributed by atoms with van der Waals surface area (Å²) in [5.41, 5.74) is 2.52. The molecule has 1 aliphatic rings. The van der Waals surface area contributed by atoms with Crippen LogP contribution in [0.1, 0.15) is 27.7 Å². The van der Waals surface area contributed by atoms with Gasteiger partial charge in [0, 0.05) is 0 Å². The maximum atomic E-state index is 9.22. The maximum Gasteiger partial charge on any atom is 0.0652 e. The Bertz CT molecular complexity index is 233. The molecular formula is C11H18O. The summed E-state index contributed by atoms with van der Waals surface area (Å²) in [5.74, 6) is 0.517. The van der Waals surface area contributed by atoms with Gasteiger partial charge in [-0.25, -0.2) is 0 Å². The second kappa shape index (κ2) is 3.06. The first-order chi connectivity index (χ1) is 5.50. The Balaban J connectivity index is 3.08. The van der Waals surface area contributed by atoms with E-state index in [1.165, 1.54) is 11.1 Å². The van der Waals surface area contributed by atoms with E-state index in [-0.39, 0.29) is 12.0 Å². The second-order valence-electron chi connectivity index (χ2n) is 4.19. The molecule has 0 spiro atoms. The Morgan fingerprint density at radius 3 is 2.50 bits per heavy atom. The topological polar surface area (TPSA) is 20.2 Å². The third-order valence-electron chi connectivity index (χ3n) is 3.19. The molecule has 1 heteroatoms. The number of allylic oxidation sites excluding steroid dienone is 3. The average molecular weight is 166 g/mol. The number of rotatable bonds is 1. The summed E-state index contributed by atoms with van der Waals surface area (Å²) in [5, 5.41) is 9.22.